The number of carboxylic acid groups (broad SMARTS) is 1. The van der Waals surface area contributed by atoms with Gasteiger partial charge in [-0.2, -0.15) is 0 Å². The van der Waals surface area contributed by atoms with Crippen molar-refractivity contribution in [3.8, 4) is 12.3 Å². The molecule has 0 spiro atoms. The number of carbonyl (C=O) groups is 2. The van der Waals surface area contributed by atoms with Crippen LogP contribution in [0.1, 0.15) is 51.4 Å². The molecular weight excluding hydrogens is 230 g/mol. The quantitative estimate of drug-likeness (QED) is 0.537. The molecule has 1 amide bonds. The fourth-order valence-corrected chi connectivity index (χ4v) is 2.40. The molecule has 0 saturated heterocycles. The van der Waals surface area contributed by atoms with Crippen molar-refractivity contribution < 1.29 is 14.7 Å². The summed E-state index contributed by atoms with van der Waals surface area (Å²) in [6.45, 7) is 0. The number of hydrogen-bond donors (Lipinski definition) is 2. The highest BCUT2D eigenvalue weighted by Gasteiger charge is 2.23. The summed E-state index contributed by atoms with van der Waals surface area (Å²) >= 11 is 0. The van der Waals surface area contributed by atoms with Gasteiger partial charge < -0.3 is 10.4 Å². The molecule has 0 aromatic carbocycles. The minimum Gasteiger partial charge on any atom is -0.480 e. The Kier molecular flexibility index (Phi) is 6.27. The van der Waals surface area contributed by atoms with E-state index in [-0.39, 0.29) is 5.91 Å². The first kappa shape index (κ1) is 14.6. The molecule has 1 saturated carbocycles. The summed E-state index contributed by atoms with van der Waals surface area (Å²) in [6.07, 6.45) is 11.7. The summed E-state index contributed by atoms with van der Waals surface area (Å²) in [5.74, 6) is 1.78. The molecule has 18 heavy (non-hydrogen) atoms. The molecule has 0 aromatic rings. The number of rotatable bonds is 7. The number of carboxylic acids is 1. The van der Waals surface area contributed by atoms with Crippen LogP contribution >= 0.6 is 0 Å². The molecule has 0 bridgehead atoms. The zero-order chi connectivity index (χ0) is 13.4. The fourth-order valence-electron chi connectivity index (χ4n) is 2.40. The number of unbranched alkanes of at least 4 members (excludes halogenated alkanes) is 1. The lowest BCUT2D eigenvalue weighted by Gasteiger charge is -2.15. The topological polar surface area (TPSA) is 66.4 Å². The molecule has 1 fully saturated rings. The van der Waals surface area contributed by atoms with Crippen molar-refractivity contribution in [2.75, 3.05) is 0 Å². The maximum Gasteiger partial charge on any atom is 0.326 e. The second-order valence-corrected chi connectivity index (χ2v) is 4.91. The van der Waals surface area contributed by atoms with Gasteiger partial charge in [0.2, 0.25) is 5.91 Å². The van der Waals surface area contributed by atoms with Gasteiger partial charge >= 0.3 is 5.97 Å². The number of aliphatic carboxylic acids is 1. The van der Waals surface area contributed by atoms with Gasteiger partial charge in [0.25, 0.3) is 0 Å². The minimum absolute atomic E-state index is 0.144. The van der Waals surface area contributed by atoms with Crippen LogP contribution in [0.3, 0.4) is 0 Å². The van der Waals surface area contributed by atoms with Crippen molar-refractivity contribution in [1.82, 2.24) is 5.32 Å². The minimum atomic E-state index is -0.980. The number of amides is 1. The largest absolute Gasteiger partial charge is 0.480 e. The second kappa shape index (κ2) is 7.75. The fraction of sp³-hybridized carbons (Fsp3) is 0.714. The highest BCUT2D eigenvalue weighted by Crippen LogP contribution is 2.27. The van der Waals surface area contributed by atoms with Gasteiger partial charge in [-0.05, 0) is 31.6 Å². The molecule has 1 aliphatic rings. The van der Waals surface area contributed by atoms with Crippen molar-refractivity contribution >= 4 is 11.9 Å². The van der Waals surface area contributed by atoms with Crippen LogP contribution in [0.2, 0.25) is 0 Å². The van der Waals surface area contributed by atoms with E-state index in [2.05, 4.69) is 11.2 Å². The molecule has 0 aromatic heterocycles. The first-order valence-corrected chi connectivity index (χ1v) is 6.59. The van der Waals surface area contributed by atoms with Gasteiger partial charge in [-0.15, -0.1) is 12.3 Å². The molecule has 100 valence electrons. The normalized spacial score (nSPS) is 17.1. The van der Waals surface area contributed by atoms with E-state index >= 15 is 0 Å². The summed E-state index contributed by atoms with van der Waals surface area (Å²) in [4.78, 5) is 22.7. The molecule has 2 N–H and O–H groups in total. The zero-order valence-electron chi connectivity index (χ0n) is 10.7. The monoisotopic (exact) mass is 251 g/mol. The standard InChI is InChI=1S/C14H21NO3/c1-2-3-4-9-12(14(17)18)15-13(16)10-11-7-5-6-8-11/h1,11-12H,3-10H2,(H,15,16)(H,17,18)/t12-/m1/s1. The lowest BCUT2D eigenvalue weighted by atomic mass is 10.0. The summed E-state index contributed by atoms with van der Waals surface area (Å²) in [7, 11) is 0. The molecular formula is C14H21NO3. The Hall–Kier alpha value is -1.50. The molecule has 0 unspecified atom stereocenters. The Morgan fingerprint density at radius 2 is 2.06 bits per heavy atom. The van der Waals surface area contributed by atoms with E-state index in [0.29, 0.717) is 31.6 Å². The van der Waals surface area contributed by atoms with Crippen molar-refractivity contribution in [2.45, 2.75) is 57.4 Å². The van der Waals surface area contributed by atoms with Crippen molar-refractivity contribution in [2.24, 2.45) is 5.92 Å². The first-order valence-electron chi connectivity index (χ1n) is 6.59. The molecule has 1 atom stereocenters. The Balaban J connectivity index is 2.32. The molecule has 0 aliphatic heterocycles. The third-order valence-corrected chi connectivity index (χ3v) is 3.40. The zero-order valence-corrected chi connectivity index (χ0v) is 10.7. The van der Waals surface area contributed by atoms with E-state index < -0.39 is 12.0 Å². The van der Waals surface area contributed by atoms with Crippen LogP contribution in [-0.4, -0.2) is 23.0 Å². The number of terminal acetylenes is 1. The van der Waals surface area contributed by atoms with E-state index in [0.717, 1.165) is 12.8 Å². The van der Waals surface area contributed by atoms with E-state index in [1.54, 1.807) is 0 Å². The van der Waals surface area contributed by atoms with Gasteiger partial charge in [0.15, 0.2) is 0 Å². The van der Waals surface area contributed by atoms with Gasteiger partial charge in [0.1, 0.15) is 6.04 Å². The average Bonchev–Trinajstić information content (AvgIpc) is 2.80. The number of nitrogens with one attached hydrogen (secondary N) is 1. The molecule has 0 radical (unpaired) electrons. The lowest BCUT2D eigenvalue weighted by molar-refractivity contribution is -0.142. The maximum absolute atomic E-state index is 11.7. The van der Waals surface area contributed by atoms with Crippen LogP contribution in [0.25, 0.3) is 0 Å². The molecule has 1 aliphatic carbocycles. The van der Waals surface area contributed by atoms with Crippen LogP contribution in [0, 0.1) is 18.3 Å². The summed E-state index contributed by atoms with van der Waals surface area (Å²) in [5.41, 5.74) is 0. The van der Waals surface area contributed by atoms with Gasteiger partial charge in [-0.1, -0.05) is 12.8 Å². The first-order chi connectivity index (χ1) is 8.63. The second-order valence-electron chi connectivity index (χ2n) is 4.91. The molecule has 0 heterocycles. The van der Waals surface area contributed by atoms with E-state index in [1.165, 1.54) is 12.8 Å². The number of hydrogen-bond acceptors (Lipinski definition) is 2. The molecule has 4 nitrogen and oxygen atoms in total. The maximum atomic E-state index is 11.7. The van der Waals surface area contributed by atoms with E-state index in [4.69, 9.17) is 11.5 Å². The summed E-state index contributed by atoms with van der Waals surface area (Å²) in [6, 6.07) is -0.799. The van der Waals surface area contributed by atoms with Crippen LogP contribution in [0.15, 0.2) is 0 Å². The van der Waals surface area contributed by atoms with Crippen molar-refractivity contribution in [3.63, 3.8) is 0 Å². The van der Waals surface area contributed by atoms with Crippen LogP contribution < -0.4 is 5.32 Å². The van der Waals surface area contributed by atoms with Crippen LogP contribution in [0.5, 0.6) is 0 Å². The highest BCUT2D eigenvalue weighted by atomic mass is 16.4. The Morgan fingerprint density at radius 3 is 2.61 bits per heavy atom. The van der Waals surface area contributed by atoms with E-state index in [9.17, 15) is 9.59 Å². The predicted octanol–water partition coefficient (Wildman–Crippen LogP) is 1.94. The van der Waals surface area contributed by atoms with Crippen LogP contribution in [-0.2, 0) is 9.59 Å². The van der Waals surface area contributed by atoms with Gasteiger partial charge in [0, 0.05) is 12.8 Å². The van der Waals surface area contributed by atoms with Crippen molar-refractivity contribution in [1.29, 1.82) is 0 Å². The van der Waals surface area contributed by atoms with Gasteiger partial charge in [-0.3, -0.25) is 4.79 Å². The smallest absolute Gasteiger partial charge is 0.326 e. The highest BCUT2D eigenvalue weighted by molar-refractivity contribution is 5.83. The molecule has 4 heteroatoms. The van der Waals surface area contributed by atoms with Crippen LogP contribution in [0.4, 0.5) is 0 Å². The third-order valence-electron chi connectivity index (χ3n) is 3.40. The Labute approximate surface area is 108 Å². The molecule has 1 rings (SSSR count). The number of carbonyl (C=O) groups excluding carboxylic acids is 1. The van der Waals surface area contributed by atoms with Crippen molar-refractivity contribution in [3.05, 3.63) is 0 Å². The summed E-state index contributed by atoms with van der Waals surface area (Å²) in [5, 5.41) is 11.6. The van der Waals surface area contributed by atoms with E-state index in [1.807, 2.05) is 0 Å². The van der Waals surface area contributed by atoms with Gasteiger partial charge in [-0.25, -0.2) is 4.79 Å². The lowest BCUT2D eigenvalue weighted by Crippen LogP contribution is -2.41. The SMILES string of the molecule is C#CCCC[C@@H](NC(=O)CC1CCCC1)C(=O)O. The Morgan fingerprint density at radius 1 is 1.39 bits per heavy atom. The van der Waals surface area contributed by atoms with Gasteiger partial charge in [0.05, 0.1) is 0 Å². The Bertz CT molecular complexity index is 326. The predicted molar refractivity (Wildman–Crippen MR) is 68.8 cm³/mol. The summed E-state index contributed by atoms with van der Waals surface area (Å²) < 4.78 is 0. The average molecular weight is 251 g/mol. The third kappa shape index (κ3) is 5.22.